The lowest BCUT2D eigenvalue weighted by Crippen LogP contribution is -2.13. The molecule has 1 amide bonds. The molecule has 0 saturated heterocycles. The van der Waals surface area contributed by atoms with Gasteiger partial charge in [-0.05, 0) is 76.7 Å². The molecule has 0 aliphatic heterocycles. The van der Waals surface area contributed by atoms with E-state index >= 15 is 0 Å². The largest absolute Gasteiger partial charge is 0.493 e. The Morgan fingerprint density at radius 2 is 1.78 bits per heavy atom. The molecule has 32 heavy (non-hydrogen) atoms. The van der Waals surface area contributed by atoms with Crippen LogP contribution in [0.15, 0.2) is 83.3 Å². The van der Waals surface area contributed by atoms with Crippen LogP contribution in [0.3, 0.4) is 0 Å². The van der Waals surface area contributed by atoms with E-state index in [4.69, 9.17) is 8.92 Å². The van der Waals surface area contributed by atoms with Crippen LogP contribution in [0.2, 0.25) is 0 Å². The molecule has 0 aromatic heterocycles. The molecule has 0 atom stereocenters. The van der Waals surface area contributed by atoms with Crippen molar-refractivity contribution in [3.8, 4) is 17.6 Å². The van der Waals surface area contributed by atoms with Crippen molar-refractivity contribution in [2.75, 3.05) is 12.4 Å². The summed E-state index contributed by atoms with van der Waals surface area (Å²) in [6.45, 7) is 0. The Hall–Kier alpha value is -3.36. The van der Waals surface area contributed by atoms with Crippen LogP contribution in [-0.2, 0) is 14.9 Å². The van der Waals surface area contributed by atoms with Crippen molar-refractivity contribution in [1.29, 1.82) is 5.26 Å². The second-order valence-electron chi connectivity index (χ2n) is 6.40. The number of anilines is 1. The first-order chi connectivity index (χ1) is 15.3. The molecule has 3 rings (SSSR count). The van der Waals surface area contributed by atoms with E-state index in [1.54, 1.807) is 36.4 Å². The van der Waals surface area contributed by atoms with Gasteiger partial charge in [0.25, 0.3) is 5.91 Å². The Bertz CT molecular complexity index is 1320. The van der Waals surface area contributed by atoms with Crippen molar-refractivity contribution in [2.24, 2.45) is 0 Å². The highest BCUT2D eigenvalue weighted by Gasteiger charge is 2.19. The normalized spacial score (nSPS) is 11.3. The first-order valence-corrected chi connectivity index (χ1v) is 11.7. The summed E-state index contributed by atoms with van der Waals surface area (Å²) in [6.07, 6.45) is 1.38. The van der Waals surface area contributed by atoms with E-state index in [9.17, 15) is 18.5 Å². The van der Waals surface area contributed by atoms with Gasteiger partial charge in [0.05, 0.1) is 7.11 Å². The molecule has 9 heteroatoms. The molecule has 162 valence electrons. The van der Waals surface area contributed by atoms with E-state index in [2.05, 4.69) is 27.9 Å². The Morgan fingerprint density at radius 1 is 1.03 bits per heavy atom. The molecule has 0 heterocycles. The van der Waals surface area contributed by atoms with Crippen LogP contribution >= 0.6 is 22.6 Å². The second kappa shape index (κ2) is 10.3. The molecule has 0 radical (unpaired) electrons. The number of nitrogens with one attached hydrogen (secondary N) is 1. The average molecular weight is 560 g/mol. The molecule has 0 saturated carbocycles. The maximum Gasteiger partial charge on any atom is 0.339 e. The van der Waals surface area contributed by atoms with Gasteiger partial charge >= 0.3 is 10.1 Å². The fourth-order valence-electron chi connectivity index (χ4n) is 2.68. The Labute approximate surface area is 199 Å². The molecule has 0 spiro atoms. The number of amides is 1. The van der Waals surface area contributed by atoms with Crippen LogP contribution < -0.4 is 14.2 Å². The van der Waals surface area contributed by atoms with Gasteiger partial charge in [-0.15, -0.1) is 0 Å². The zero-order valence-electron chi connectivity index (χ0n) is 16.8. The number of hydrogen-bond acceptors (Lipinski definition) is 6. The minimum atomic E-state index is -4.05. The van der Waals surface area contributed by atoms with E-state index < -0.39 is 16.0 Å². The van der Waals surface area contributed by atoms with Gasteiger partial charge in [0.2, 0.25) is 0 Å². The first-order valence-electron chi connectivity index (χ1n) is 9.18. The maximum atomic E-state index is 12.5. The van der Waals surface area contributed by atoms with Gasteiger partial charge in [-0.2, -0.15) is 13.7 Å². The third kappa shape index (κ3) is 5.87. The van der Waals surface area contributed by atoms with Gasteiger partial charge < -0.3 is 14.2 Å². The van der Waals surface area contributed by atoms with Crippen LogP contribution in [-0.4, -0.2) is 21.4 Å². The van der Waals surface area contributed by atoms with Crippen molar-refractivity contribution in [3.05, 3.63) is 87.5 Å². The van der Waals surface area contributed by atoms with E-state index in [-0.39, 0.29) is 22.0 Å². The number of benzene rings is 3. The van der Waals surface area contributed by atoms with Crippen molar-refractivity contribution < 1.29 is 22.1 Å². The minimum absolute atomic E-state index is 0.00466. The SMILES string of the molecule is COc1cc(/C=C(\C#N)C(=O)Nc2cccc(I)c2)ccc1OS(=O)(=O)c1ccccc1. The number of ether oxygens (including phenoxy) is 1. The van der Waals surface area contributed by atoms with E-state index in [1.165, 1.54) is 43.5 Å². The predicted molar refractivity (Wildman–Crippen MR) is 129 cm³/mol. The highest BCUT2D eigenvalue weighted by Crippen LogP contribution is 2.31. The number of carbonyl (C=O) groups excluding carboxylic acids is 1. The quantitative estimate of drug-likeness (QED) is 0.196. The maximum absolute atomic E-state index is 12.5. The van der Waals surface area contributed by atoms with Crippen LogP contribution in [0.5, 0.6) is 11.5 Å². The van der Waals surface area contributed by atoms with Crippen molar-refractivity contribution >= 4 is 50.4 Å². The molecular weight excluding hydrogens is 543 g/mol. The number of rotatable bonds is 7. The molecule has 1 N–H and O–H groups in total. The molecule has 0 unspecified atom stereocenters. The highest BCUT2D eigenvalue weighted by atomic mass is 127. The number of carbonyl (C=O) groups is 1. The van der Waals surface area contributed by atoms with Crippen molar-refractivity contribution in [2.45, 2.75) is 4.90 Å². The molecule has 3 aromatic carbocycles. The summed E-state index contributed by atoms with van der Waals surface area (Å²) in [7, 11) is -2.69. The van der Waals surface area contributed by atoms with Crippen LogP contribution in [0.1, 0.15) is 5.56 Å². The number of methoxy groups -OCH3 is 1. The predicted octanol–water partition coefficient (Wildman–Crippen LogP) is 4.61. The van der Waals surface area contributed by atoms with E-state index in [0.717, 1.165) is 3.57 Å². The van der Waals surface area contributed by atoms with Crippen molar-refractivity contribution in [3.63, 3.8) is 0 Å². The topological polar surface area (TPSA) is 105 Å². The monoisotopic (exact) mass is 560 g/mol. The molecule has 0 fully saturated rings. The summed E-state index contributed by atoms with van der Waals surface area (Å²) in [5.41, 5.74) is 0.896. The summed E-state index contributed by atoms with van der Waals surface area (Å²) in [6, 6.07) is 21.2. The Balaban J connectivity index is 1.84. The lowest BCUT2D eigenvalue weighted by Gasteiger charge is -2.11. The third-order valence-electron chi connectivity index (χ3n) is 4.18. The van der Waals surface area contributed by atoms with E-state index in [1.807, 2.05) is 12.1 Å². The smallest absolute Gasteiger partial charge is 0.339 e. The second-order valence-corrected chi connectivity index (χ2v) is 9.19. The molecule has 3 aromatic rings. The highest BCUT2D eigenvalue weighted by molar-refractivity contribution is 14.1. The summed E-state index contributed by atoms with van der Waals surface area (Å²) in [5, 5.41) is 12.1. The number of halogens is 1. The van der Waals surface area contributed by atoms with Crippen LogP contribution in [0.4, 0.5) is 5.69 Å². The molecular formula is C23H17IN2O5S. The van der Waals surface area contributed by atoms with Gasteiger partial charge in [0.15, 0.2) is 11.5 Å². The fraction of sp³-hybridized carbons (Fsp3) is 0.0435. The van der Waals surface area contributed by atoms with Crippen LogP contribution in [0.25, 0.3) is 6.08 Å². The van der Waals surface area contributed by atoms with Gasteiger partial charge in [-0.25, -0.2) is 0 Å². The zero-order valence-corrected chi connectivity index (χ0v) is 19.8. The Morgan fingerprint density at radius 3 is 2.44 bits per heavy atom. The fourth-order valence-corrected chi connectivity index (χ4v) is 4.18. The Kier molecular flexibility index (Phi) is 7.50. The molecule has 7 nitrogen and oxygen atoms in total. The van der Waals surface area contributed by atoms with Crippen molar-refractivity contribution in [1.82, 2.24) is 0 Å². The van der Waals surface area contributed by atoms with Gasteiger partial charge in [-0.1, -0.05) is 30.3 Å². The number of hydrogen-bond donors (Lipinski definition) is 1. The lowest BCUT2D eigenvalue weighted by molar-refractivity contribution is -0.112. The standard InChI is InChI=1S/C23H17IN2O5S/c1-30-22-13-16(10-11-21(22)31-32(28,29)20-8-3-2-4-9-20)12-17(15-25)23(27)26-19-7-5-6-18(24)14-19/h2-14H,1H3,(H,26,27)/b17-12+. The van der Waals surface area contributed by atoms with Crippen LogP contribution in [0, 0.1) is 14.9 Å². The number of nitrogens with zero attached hydrogens (tertiary/aromatic N) is 1. The summed E-state index contributed by atoms with van der Waals surface area (Å²) >= 11 is 2.12. The summed E-state index contributed by atoms with van der Waals surface area (Å²) in [4.78, 5) is 12.5. The zero-order chi connectivity index (χ0) is 23.1. The minimum Gasteiger partial charge on any atom is -0.493 e. The average Bonchev–Trinajstić information content (AvgIpc) is 2.78. The lowest BCUT2D eigenvalue weighted by atomic mass is 10.1. The molecule has 0 aliphatic carbocycles. The number of nitriles is 1. The first kappa shape index (κ1) is 23.3. The third-order valence-corrected chi connectivity index (χ3v) is 6.10. The summed E-state index contributed by atoms with van der Waals surface area (Å²) < 4.78 is 36.4. The molecule has 0 bridgehead atoms. The molecule has 0 aliphatic rings. The van der Waals surface area contributed by atoms with Gasteiger partial charge in [0.1, 0.15) is 16.5 Å². The van der Waals surface area contributed by atoms with E-state index in [0.29, 0.717) is 11.3 Å². The van der Waals surface area contributed by atoms with Gasteiger partial charge in [0, 0.05) is 9.26 Å². The summed E-state index contributed by atoms with van der Waals surface area (Å²) in [5.74, 6) is -0.454. The van der Waals surface area contributed by atoms with Gasteiger partial charge in [-0.3, -0.25) is 4.79 Å².